The van der Waals surface area contributed by atoms with Crippen molar-refractivity contribution in [2.24, 2.45) is 0 Å². The third kappa shape index (κ3) is 2.46. The molecule has 24 heavy (non-hydrogen) atoms. The van der Waals surface area contributed by atoms with Crippen molar-refractivity contribution in [3.63, 3.8) is 0 Å². The lowest BCUT2D eigenvalue weighted by Crippen LogP contribution is -2.25. The first-order valence-electron chi connectivity index (χ1n) is 7.18. The number of aromatic amines is 1. The third-order valence-corrected chi connectivity index (χ3v) is 3.75. The summed E-state index contributed by atoms with van der Waals surface area (Å²) in [7, 11) is 0. The van der Waals surface area contributed by atoms with E-state index in [1.165, 1.54) is 24.3 Å². The number of rotatable bonds is 4. The van der Waals surface area contributed by atoms with Gasteiger partial charge in [0.15, 0.2) is 11.3 Å². The topological polar surface area (TPSA) is 108 Å². The molecule has 0 aliphatic carbocycles. The number of carboxylic acid groups (broad SMARTS) is 1. The van der Waals surface area contributed by atoms with E-state index in [1.54, 1.807) is 6.92 Å². The molecule has 124 valence electrons. The van der Waals surface area contributed by atoms with E-state index in [4.69, 9.17) is 5.11 Å². The molecule has 1 aromatic carbocycles. The van der Waals surface area contributed by atoms with Crippen LogP contribution in [0.15, 0.2) is 29.1 Å². The Kier molecular flexibility index (Phi) is 3.90. The summed E-state index contributed by atoms with van der Waals surface area (Å²) < 4.78 is 14.3. The number of benzene rings is 1. The van der Waals surface area contributed by atoms with Gasteiger partial charge in [0, 0.05) is 24.3 Å². The molecule has 2 heterocycles. The van der Waals surface area contributed by atoms with Crippen molar-refractivity contribution in [1.82, 2.24) is 14.6 Å². The van der Waals surface area contributed by atoms with Gasteiger partial charge in [0.2, 0.25) is 0 Å². The van der Waals surface area contributed by atoms with Crippen LogP contribution in [0.5, 0.6) is 0 Å². The van der Waals surface area contributed by atoms with E-state index in [9.17, 15) is 19.1 Å². The zero-order valence-electron chi connectivity index (χ0n) is 12.7. The second-order valence-corrected chi connectivity index (χ2v) is 5.30. The number of fused-ring (bicyclic) bond motifs is 1. The van der Waals surface area contributed by atoms with Gasteiger partial charge < -0.3 is 10.2 Å². The van der Waals surface area contributed by atoms with Gasteiger partial charge in [-0.15, -0.1) is 0 Å². The SMILES string of the molecule is Cc1[nH]n2c(=O)c(CCO)c(C(=O)O)nc2c1-c1ccc(F)cc1. The van der Waals surface area contributed by atoms with Crippen LogP contribution in [-0.2, 0) is 6.42 Å². The van der Waals surface area contributed by atoms with Gasteiger partial charge in [-0.05, 0) is 24.6 Å². The van der Waals surface area contributed by atoms with Crippen LogP contribution in [0.4, 0.5) is 4.39 Å². The van der Waals surface area contributed by atoms with Gasteiger partial charge in [0.25, 0.3) is 5.56 Å². The fourth-order valence-electron chi connectivity index (χ4n) is 2.69. The number of hydrogen-bond donors (Lipinski definition) is 3. The van der Waals surface area contributed by atoms with Crippen molar-refractivity contribution in [1.29, 1.82) is 0 Å². The predicted octanol–water partition coefficient (Wildman–Crippen LogP) is 1.37. The minimum absolute atomic E-state index is 0.0746. The minimum Gasteiger partial charge on any atom is -0.476 e. The molecule has 3 rings (SSSR count). The summed E-state index contributed by atoms with van der Waals surface area (Å²) in [5, 5.41) is 21.2. The highest BCUT2D eigenvalue weighted by molar-refractivity contribution is 5.89. The van der Waals surface area contributed by atoms with Crippen molar-refractivity contribution >= 4 is 11.6 Å². The molecular formula is C16H14FN3O4. The van der Waals surface area contributed by atoms with E-state index in [-0.39, 0.29) is 24.2 Å². The van der Waals surface area contributed by atoms with Crippen LogP contribution >= 0.6 is 0 Å². The molecule has 0 amide bonds. The van der Waals surface area contributed by atoms with Gasteiger partial charge in [-0.25, -0.2) is 18.7 Å². The first kappa shape index (κ1) is 15.9. The monoisotopic (exact) mass is 331 g/mol. The van der Waals surface area contributed by atoms with Crippen LogP contribution in [0, 0.1) is 12.7 Å². The van der Waals surface area contributed by atoms with E-state index in [1.807, 2.05) is 0 Å². The van der Waals surface area contributed by atoms with Crippen molar-refractivity contribution in [3.05, 3.63) is 57.4 Å². The molecular weight excluding hydrogens is 317 g/mol. The van der Waals surface area contributed by atoms with Crippen molar-refractivity contribution in [3.8, 4) is 11.1 Å². The highest BCUT2D eigenvalue weighted by atomic mass is 19.1. The number of halogens is 1. The maximum Gasteiger partial charge on any atom is 0.355 e. The summed E-state index contributed by atoms with van der Waals surface area (Å²) >= 11 is 0. The Morgan fingerprint density at radius 3 is 2.58 bits per heavy atom. The van der Waals surface area contributed by atoms with E-state index < -0.39 is 23.0 Å². The Bertz CT molecular complexity index is 989. The maximum atomic E-state index is 13.1. The number of aromatic carboxylic acids is 1. The number of carboxylic acids is 1. The Morgan fingerprint density at radius 2 is 2.00 bits per heavy atom. The summed E-state index contributed by atoms with van der Waals surface area (Å²) in [6.07, 6.45) is -0.111. The molecule has 0 saturated heterocycles. The van der Waals surface area contributed by atoms with Crippen molar-refractivity contribution in [2.75, 3.05) is 6.61 Å². The Morgan fingerprint density at radius 1 is 1.33 bits per heavy atom. The number of carbonyl (C=O) groups is 1. The molecule has 8 heteroatoms. The number of hydrogen-bond acceptors (Lipinski definition) is 4. The molecule has 0 aliphatic rings. The average Bonchev–Trinajstić information content (AvgIpc) is 2.87. The highest BCUT2D eigenvalue weighted by Gasteiger charge is 2.22. The summed E-state index contributed by atoms with van der Waals surface area (Å²) in [6, 6.07) is 5.60. The van der Waals surface area contributed by atoms with Crippen molar-refractivity contribution < 1.29 is 19.4 Å². The predicted molar refractivity (Wildman–Crippen MR) is 83.7 cm³/mol. The first-order valence-corrected chi connectivity index (χ1v) is 7.18. The molecule has 3 aromatic rings. The number of aromatic nitrogens is 3. The van der Waals surface area contributed by atoms with Crippen molar-refractivity contribution in [2.45, 2.75) is 13.3 Å². The molecule has 0 saturated carbocycles. The van der Waals surface area contributed by atoms with E-state index in [0.29, 0.717) is 16.8 Å². The van der Waals surface area contributed by atoms with E-state index in [0.717, 1.165) is 4.52 Å². The summed E-state index contributed by atoms with van der Waals surface area (Å²) in [5.41, 5.74) is 0.802. The maximum absolute atomic E-state index is 13.1. The Labute approximate surface area is 135 Å². The quantitative estimate of drug-likeness (QED) is 0.669. The Balaban J connectivity index is 2.37. The lowest BCUT2D eigenvalue weighted by molar-refractivity contribution is 0.0689. The summed E-state index contributed by atoms with van der Waals surface area (Å²) in [5.74, 6) is -1.75. The molecule has 2 aromatic heterocycles. The highest BCUT2D eigenvalue weighted by Crippen LogP contribution is 2.27. The van der Waals surface area contributed by atoms with Gasteiger partial charge in [0.1, 0.15) is 5.82 Å². The molecule has 0 aliphatic heterocycles. The van der Waals surface area contributed by atoms with E-state index >= 15 is 0 Å². The number of aliphatic hydroxyl groups is 1. The molecule has 0 spiro atoms. The van der Waals surface area contributed by atoms with Crippen LogP contribution in [0.2, 0.25) is 0 Å². The van der Waals surface area contributed by atoms with Crippen LogP contribution in [0.1, 0.15) is 21.7 Å². The number of aliphatic hydroxyl groups excluding tert-OH is 1. The summed E-state index contributed by atoms with van der Waals surface area (Å²) in [6.45, 7) is 1.34. The molecule has 7 nitrogen and oxygen atoms in total. The lowest BCUT2D eigenvalue weighted by Gasteiger charge is -2.05. The zero-order valence-corrected chi connectivity index (χ0v) is 12.7. The zero-order chi connectivity index (χ0) is 17.4. The number of H-pyrrole nitrogens is 1. The second kappa shape index (κ2) is 5.89. The average molecular weight is 331 g/mol. The normalized spacial score (nSPS) is 11.1. The summed E-state index contributed by atoms with van der Waals surface area (Å²) in [4.78, 5) is 28.1. The first-order chi connectivity index (χ1) is 11.4. The largest absolute Gasteiger partial charge is 0.476 e. The standard InChI is InChI=1S/C16H14FN3O4/c1-8-12(9-2-4-10(17)5-3-9)14-18-13(16(23)24)11(6-7-21)15(22)20(14)19-8/h2-5,19,21H,6-7H2,1H3,(H,23,24). The van der Waals surface area contributed by atoms with Gasteiger partial charge in [-0.2, -0.15) is 0 Å². The van der Waals surface area contributed by atoms with Crippen LogP contribution in [0.25, 0.3) is 16.8 Å². The third-order valence-electron chi connectivity index (χ3n) is 3.75. The smallest absolute Gasteiger partial charge is 0.355 e. The number of aryl methyl sites for hydroxylation is 1. The lowest BCUT2D eigenvalue weighted by atomic mass is 10.1. The molecule has 0 bridgehead atoms. The molecule has 3 N–H and O–H groups in total. The fourth-order valence-corrected chi connectivity index (χ4v) is 2.69. The van der Waals surface area contributed by atoms with Crippen LogP contribution in [0.3, 0.4) is 0 Å². The van der Waals surface area contributed by atoms with E-state index in [2.05, 4.69) is 10.1 Å². The van der Waals surface area contributed by atoms with Gasteiger partial charge in [-0.1, -0.05) is 12.1 Å². The Hall–Kier alpha value is -3.00. The van der Waals surface area contributed by atoms with Gasteiger partial charge >= 0.3 is 5.97 Å². The van der Waals surface area contributed by atoms with Crippen LogP contribution < -0.4 is 5.56 Å². The van der Waals surface area contributed by atoms with Crippen LogP contribution in [-0.4, -0.2) is 37.4 Å². The van der Waals surface area contributed by atoms with Gasteiger partial charge in [0.05, 0.1) is 5.56 Å². The second-order valence-electron chi connectivity index (χ2n) is 5.30. The molecule has 0 radical (unpaired) electrons. The molecule has 0 unspecified atom stereocenters. The minimum atomic E-state index is -1.35. The number of nitrogens with zero attached hydrogens (tertiary/aromatic N) is 2. The fraction of sp³-hybridized carbons (Fsp3) is 0.188. The van der Waals surface area contributed by atoms with Gasteiger partial charge in [-0.3, -0.25) is 9.89 Å². The number of nitrogens with one attached hydrogen (secondary N) is 1. The molecule has 0 atom stereocenters. The molecule has 0 fully saturated rings.